The Balaban J connectivity index is 1.34. The fraction of sp³-hybridized carbons (Fsp3) is 0.0189. The van der Waals surface area contributed by atoms with Crippen LogP contribution in [0.4, 0.5) is 13.2 Å². The second-order valence-electron chi connectivity index (χ2n) is 14.9. The van der Waals surface area contributed by atoms with E-state index in [0.717, 1.165) is 60.9 Å². The third-order valence-electron chi connectivity index (χ3n) is 11.5. The van der Waals surface area contributed by atoms with E-state index in [9.17, 15) is 21.0 Å². The minimum Gasteiger partial charge on any atom is -0.308 e. The molecule has 6 nitrogen and oxygen atoms in total. The number of hydrogen-bond donors (Lipinski definition) is 0. The van der Waals surface area contributed by atoms with Gasteiger partial charge in [0.1, 0.15) is 11.6 Å². The van der Waals surface area contributed by atoms with E-state index in [4.69, 9.17) is 0 Å². The van der Waals surface area contributed by atoms with Crippen molar-refractivity contribution in [3.63, 3.8) is 0 Å². The Hall–Kier alpha value is -8.89. The average Bonchev–Trinajstić information content (AvgIpc) is 3.82. The van der Waals surface area contributed by atoms with Crippen LogP contribution in [-0.2, 0) is 6.18 Å². The van der Waals surface area contributed by atoms with Crippen molar-refractivity contribution in [3.05, 3.63) is 192 Å². The van der Waals surface area contributed by atoms with Crippen LogP contribution in [0.3, 0.4) is 0 Å². The minimum absolute atomic E-state index is 0.134. The standard InChI is InChI=1S/C53H27F3N6/c54-53(55,56)46-23-34(30-59)13-20-40(46)39-26-51(61-47-7-3-1-5-41(47)43-21-18-37(24-49(43)61)35-14-9-32(28-57)10-15-35)45(31-60)52(27-39)62-48-8-4-2-6-42(48)44-22-19-38(25-50(44)62)36-16-11-33(29-58)12-17-36/h1-27H. The number of alkyl halides is 3. The van der Waals surface area contributed by atoms with E-state index >= 15 is 13.2 Å². The molecule has 62 heavy (non-hydrogen) atoms. The van der Waals surface area contributed by atoms with Gasteiger partial charge in [0, 0.05) is 21.5 Å². The molecule has 0 aliphatic carbocycles. The second kappa shape index (κ2) is 14.4. The quantitative estimate of drug-likeness (QED) is 0.173. The summed E-state index contributed by atoms with van der Waals surface area (Å²) in [5.74, 6) is 0. The number of hydrogen-bond acceptors (Lipinski definition) is 4. The molecule has 0 aliphatic rings. The number of aromatic nitrogens is 2. The summed E-state index contributed by atoms with van der Waals surface area (Å²) < 4.78 is 49.1. The summed E-state index contributed by atoms with van der Waals surface area (Å²) in [5, 5.41) is 43.5. The minimum atomic E-state index is -4.82. The van der Waals surface area contributed by atoms with Crippen molar-refractivity contribution in [1.29, 1.82) is 21.0 Å². The monoisotopic (exact) mass is 804 g/mol. The van der Waals surface area contributed by atoms with Gasteiger partial charge in [-0.3, -0.25) is 0 Å². The van der Waals surface area contributed by atoms with Crippen LogP contribution in [0.25, 0.3) is 88.4 Å². The summed E-state index contributed by atoms with van der Waals surface area (Å²) in [6.45, 7) is 0. The highest BCUT2D eigenvalue weighted by Crippen LogP contribution is 2.44. The number of nitriles is 4. The Morgan fingerprint density at radius 3 is 1.23 bits per heavy atom. The number of fused-ring (bicyclic) bond motifs is 6. The maximum atomic E-state index is 15.1. The lowest BCUT2D eigenvalue weighted by Gasteiger charge is -2.20. The molecule has 8 aromatic carbocycles. The Kier molecular flexibility index (Phi) is 8.70. The van der Waals surface area contributed by atoms with Crippen LogP contribution in [0.5, 0.6) is 0 Å². The lowest BCUT2D eigenvalue weighted by atomic mass is 9.94. The van der Waals surface area contributed by atoms with Crippen molar-refractivity contribution in [2.24, 2.45) is 0 Å². The topological polar surface area (TPSA) is 105 Å². The van der Waals surface area contributed by atoms with Gasteiger partial charge < -0.3 is 9.13 Å². The van der Waals surface area contributed by atoms with Gasteiger partial charge in [-0.05, 0) is 106 Å². The molecule has 0 N–H and O–H groups in total. The number of halogens is 3. The van der Waals surface area contributed by atoms with Crippen LogP contribution in [0, 0.1) is 45.3 Å². The predicted molar refractivity (Wildman–Crippen MR) is 235 cm³/mol. The first kappa shape index (κ1) is 37.4. The van der Waals surface area contributed by atoms with E-state index in [1.54, 1.807) is 36.4 Å². The molecule has 2 heterocycles. The first-order chi connectivity index (χ1) is 30.2. The normalized spacial score (nSPS) is 11.4. The Bertz CT molecular complexity index is 3460. The zero-order chi connectivity index (χ0) is 42.7. The molecule has 10 rings (SSSR count). The molecule has 290 valence electrons. The van der Waals surface area contributed by atoms with Crippen LogP contribution in [0.1, 0.15) is 27.8 Å². The van der Waals surface area contributed by atoms with Gasteiger partial charge in [-0.2, -0.15) is 34.2 Å². The van der Waals surface area contributed by atoms with E-state index in [0.29, 0.717) is 33.5 Å². The summed E-state index contributed by atoms with van der Waals surface area (Å²) in [7, 11) is 0. The zero-order valence-electron chi connectivity index (χ0n) is 32.4. The first-order valence-electron chi connectivity index (χ1n) is 19.5. The van der Waals surface area contributed by atoms with Gasteiger partial charge in [-0.1, -0.05) is 91.0 Å². The highest BCUT2D eigenvalue weighted by atomic mass is 19.4. The van der Waals surface area contributed by atoms with E-state index in [-0.39, 0.29) is 22.3 Å². The molecule has 0 bridgehead atoms. The molecule has 0 fully saturated rings. The number of nitrogens with zero attached hydrogens (tertiary/aromatic N) is 6. The number of rotatable bonds is 5. The smallest absolute Gasteiger partial charge is 0.308 e. The molecule has 2 aromatic heterocycles. The highest BCUT2D eigenvalue weighted by Gasteiger charge is 2.35. The molecule has 0 unspecified atom stereocenters. The summed E-state index contributed by atoms with van der Waals surface area (Å²) >= 11 is 0. The molecule has 10 aromatic rings. The van der Waals surface area contributed by atoms with Crippen LogP contribution < -0.4 is 0 Å². The van der Waals surface area contributed by atoms with Crippen molar-refractivity contribution in [1.82, 2.24) is 9.13 Å². The van der Waals surface area contributed by atoms with Gasteiger partial charge in [-0.15, -0.1) is 0 Å². The first-order valence-corrected chi connectivity index (χ1v) is 19.5. The molecule has 0 atom stereocenters. The molecule has 0 amide bonds. The largest absolute Gasteiger partial charge is 0.417 e. The van der Waals surface area contributed by atoms with Crippen molar-refractivity contribution in [2.75, 3.05) is 0 Å². The number of para-hydroxylation sites is 2. The van der Waals surface area contributed by atoms with E-state index in [1.807, 2.05) is 124 Å². The summed E-state index contributed by atoms with van der Waals surface area (Å²) in [5.41, 5.74) is 7.18. The lowest BCUT2D eigenvalue weighted by molar-refractivity contribution is -0.137. The lowest BCUT2D eigenvalue weighted by Crippen LogP contribution is -2.09. The molecular weight excluding hydrogens is 778 g/mol. The van der Waals surface area contributed by atoms with Gasteiger partial charge in [0.2, 0.25) is 0 Å². The van der Waals surface area contributed by atoms with Crippen molar-refractivity contribution < 1.29 is 13.2 Å². The second-order valence-corrected chi connectivity index (χ2v) is 14.9. The maximum Gasteiger partial charge on any atom is 0.417 e. The third-order valence-corrected chi connectivity index (χ3v) is 11.5. The molecule has 0 saturated heterocycles. The van der Waals surface area contributed by atoms with Crippen molar-refractivity contribution >= 4 is 43.6 Å². The summed E-state index contributed by atoms with van der Waals surface area (Å²) in [4.78, 5) is 0. The zero-order valence-corrected chi connectivity index (χ0v) is 32.4. The van der Waals surface area contributed by atoms with Gasteiger partial charge in [0.05, 0.1) is 73.9 Å². The Morgan fingerprint density at radius 2 is 0.790 bits per heavy atom. The SMILES string of the molecule is N#Cc1ccc(-c2ccc3c4ccccc4n(-c4cc(-c5ccc(C#N)cc5C(F)(F)F)cc(-n5c6ccccc6c6ccc(-c7ccc(C#N)cc7)cc65)c4C#N)c3c2)cc1. The molecule has 0 spiro atoms. The van der Waals surface area contributed by atoms with Crippen molar-refractivity contribution in [3.8, 4) is 69.0 Å². The molecule has 0 radical (unpaired) electrons. The van der Waals surface area contributed by atoms with Crippen LogP contribution >= 0.6 is 0 Å². The van der Waals surface area contributed by atoms with Gasteiger partial charge in [0.25, 0.3) is 0 Å². The van der Waals surface area contributed by atoms with E-state index < -0.39 is 11.7 Å². The van der Waals surface area contributed by atoms with Gasteiger partial charge in [-0.25, -0.2) is 0 Å². The Labute approximate surface area is 352 Å². The summed E-state index contributed by atoms with van der Waals surface area (Å²) in [6, 6.07) is 57.3. The van der Waals surface area contributed by atoms with Crippen LogP contribution in [-0.4, -0.2) is 9.13 Å². The molecule has 9 heteroatoms. The molecule has 0 saturated carbocycles. The van der Waals surface area contributed by atoms with Crippen molar-refractivity contribution in [2.45, 2.75) is 6.18 Å². The molecule has 0 aliphatic heterocycles. The fourth-order valence-electron chi connectivity index (χ4n) is 8.63. The summed E-state index contributed by atoms with van der Waals surface area (Å²) in [6.07, 6.45) is -4.82. The maximum absolute atomic E-state index is 15.1. The Morgan fingerprint density at radius 1 is 0.371 bits per heavy atom. The van der Waals surface area contributed by atoms with Gasteiger partial charge in [0.15, 0.2) is 0 Å². The predicted octanol–water partition coefficient (Wildman–Crippen LogP) is 13.4. The number of benzene rings is 8. The third kappa shape index (κ3) is 6.01. The van der Waals surface area contributed by atoms with Crippen LogP contribution in [0.2, 0.25) is 0 Å². The van der Waals surface area contributed by atoms with Crippen LogP contribution in [0.15, 0.2) is 164 Å². The fourth-order valence-corrected chi connectivity index (χ4v) is 8.63. The molecular formula is C53H27F3N6. The highest BCUT2D eigenvalue weighted by molar-refractivity contribution is 6.12. The van der Waals surface area contributed by atoms with E-state index in [1.165, 1.54) is 12.1 Å². The van der Waals surface area contributed by atoms with Gasteiger partial charge >= 0.3 is 6.18 Å². The van der Waals surface area contributed by atoms with E-state index in [2.05, 4.69) is 18.2 Å². The average molecular weight is 805 g/mol.